The van der Waals surface area contributed by atoms with Crippen molar-refractivity contribution in [3.8, 4) is 5.75 Å². The Labute approximate surface area is 179 Å². The topological polar surface area (TPSA) is 73.6 Å². The maximum absolute atomic E-state index is 12.2. The number of nitrogen functional groups attached to an aromatic ring is 1. The van der Waals surface area contributed by atoms with Gasteiger partial charge >= 0.3 is 5.97 Å². The average molecular weight is 423 g/mol. The first-order chi connectivity index (χ1) is 14.0. The second-order valence-corrected chi connectivity index (χ2v) is 13.7. The molecule has 158 valence electrons. The molecule has 6 heteroatoms. The zero-order valence-corrected chi connectivity index (χ0v) is 19.5. The Kier molecular flexibility index (Phi) is 5.81. The first-order valence-electron chi connectivity index (χ1n) is 9.98. The molecule has 3 rings (SSSR count). The van der Waals surface area contributed by atoms with Crippen LogP contribution >= 0.6 is 0 Å². The van der Waals surface area contributed by atoms with Gasteiger partial charge in [-0.1, -0.05) is 39.0 Å². The molecular weight excluding hydrogens is 392 g/mol. The lowest BCUT2D eigenvalue weighted by molar-refractivity contribution is 0.0602. The quantitative estimate of drug-likeness (QED) is 0.285. The molecule has 0 saturated carbocycles. The number of anilines is 3. The molecule has 0 bridgehead atoms. The summed E-state index contributed by atoms with van der Waals surface area (Å²) in [6, 6.07) is 17.2. The second-order valence-electron chi connectivity index (χ2n) is 8.97. The summed E-state index contributed by atoms with van der Waals surface area (Å²) in [4.78, 5) is 12.2. The number of ether oxygens (including phenoxy) is 1. The second kappa shape index (κ2) is 8.03. The molecule has 0 fully saturated rings. The summed E-state index contributed by atoms with van der Waals surface area (Å²) in [6.45, 7) is 11.1. The van der Waals surface area contributed by atoms with Crippen LogP contribution in [0.3, 0.4) is 0 Å². The normalized spacial score (nSPS) is 11.9. The fraction of sp³-hybridized carbons (Fsp3) is 0.292. The van der Waals surface area contributed by atoms with Crippen LogP contribution in [0, 0.1) is 0 Å². The van der Waals surface area contributed by atoms with Crippen molar-refractivity contribution in [2.45, 2.75) is 38.9 Å². The van der Waals surface area contributed by atoms with Crippen molar-refractivity contribution >= 4 is 42.1 Å². The van der Waals surface area contributed by atoms with Crippen LogP contribution < -0.4 is 15.5 Å². The van der Waals surface area contributed by atoms with Crippen LogP contribution in [0.4, 0.5) is 17.1 Å². The number of carbonyl (C=O) groups is 1. The zero-order valence-electron chi connectivity index (χ0n) is 18.5. The third kappa shape index (κ3) is 4.43. The molecule has 0 aliphatic carbocycles. The van der Waals surface area contributed by atoms with Gasteiger partial charge in [0.25, 0.3) is 0 Å². The molecule has 0 spiro atoms. The molecule has 3 N–H and O–H groups in total. The van der Waals surface area contributed by atoms with Gasteiger partial charge in [-0.2, -0.15) is 0 Å². The lowest BCUT2D eigenvalue weighted by Gasteiger charge is -2.36. The Morgan fingerprint density at radius 1 is 1.00 bits per heavy atom. The first-order valence-corrected chi connectivity index (χ1v) is 12.9. The van der Waals surface area contributed by atoms with E-state index in [-0.39, 0.29) is 5.04 Å². The minimum absolute atomic E-state index is 0.108. The van der Waals surface area contributed by atoms with E-state index in [0.717, 1.165) is 22.2 Å². The van der Waals surface area contributed by atoms with Crippen molar-refractivity contribution < 1.29 is 14.0 Å². The zero-order chi connectivity index (χ0) is 22.1. The van der Waals surface area contributed by atoms with Gasteiger partial charge in [-0.25, -0.2) is 4.79 Å². The van der Waals surface area contributed by atoms with Crippen LogP contribution in [-0.4, -0.2) is 21.4 Å². The monoisotopic (exact) mass is 422 g/mol. The Balaban J connectivity index is 2.04. The van der Waals surface area contributed by atoms with Crippen LogP contribution in [-0.2, 0) is 4.74 Å². The Morgan fingerprint density at radius 3 is 2.40 bits per heavy atom. The highest BCUT2D eigenvalue weighted by Crippen LogP contribution is 2.39. The number of benzene rings is 3. The molecular formula is C24H30N2O3Si. The summed E-state index contributed by atoms with van der Waals surface area (Å²) in [6.07, 6.45) is 0. The molecule has 0 unspecified atom stereocenters. The highest BCUT2D eigenvalue weighted by atomic mass is 28.4. The van der Waals surface area contributed by atoms with E-state index in [1.807, 2.05) is 18.2 Å². The molecule has 0 heterocycles. The van der Waals surface area contributed by atoms with Gasteiger partial charge in [0.1, 0.15) is 5.75 Å². The van der Waals surface area contributed by atoms with Crippen molar-refractivity contribution in [1.82, 2.24) is 0 Å². The van der Waals surface area contributed by atoms with E-state index in [2.05, 4.69) is 57.4 Å². The number of carbonyl (C=O) groups excluding carboxylic acids is 1. The summed E-state index contributed by atoms with van der Waals surface area (Å²) in [7, 11) is -0.593. The van der Waals surface area contributed by atoms with Crippen LogP contribution in [0.15, 0.2) is 54.6 Å². The SMILES string of the molecule is COC(=O)c1ccc(N)cc1Nc1cccc2ccc(O[Si](C)(C)C(C)(C)C)cc12. The van der Waals surface area contributed by atoms with Gasteiger partial charge in [0.2, 0.25) is 8.32 Å². The number of nitrogens with one attached hydrogen (secondary N) is 1. The van der Waals surface area contributed by atoms with E-state index in [4.69, 9.17) is 14.9 Å². The number of esters is 1. The van der Waals surface area contributed by atoms with Crippen molar-refractivity contribution in [1.29, 1.82) is 0 Å². The summed E-state index contributed by atoms with van der Waals surface area (Å²) < 4.78 is 11.4. The number of hydrogen-bond acceptors (Lipinski definition) is 5. The summed E-state index contributed by atoms with van der Waals surface area (Å²) >= 11 is 0. The number of nitrogens with two attached hydrogens (primary N) is 1. The number of rotatable bonds is 5. The third-order valence-corrected chi connectivity index (χ3v) is 10.1. The average Bonchev–Trinajstić information content (AvgIpc) is 2.67. The fourth-order valence-electron chi connectivity index (χ4n) is 2.97. The highest BCUT2D eigenvalue weighted by Gasteiger charge is 2.39. The molecule has 0 atom stereocenters. The molecule has 30 heavy (non-hydrogen) atoms. The Morgan fingerprint density at radius 2 is 1.73 bits per heavy atom. The number of methoxy groups -OCH3 is 1. The minimum Gasteiger partial charge on any atom is -0.543 e. The van der Waals surface area contributed by atoms with Crippen LogP contribution in [0.1, 0.15) is 31.1 Å². The minimum atomic E-state index is -1.96. The van der Waals surface area contributed by atoms with Crippen LogP contribution in [0.5, 0.6) is 5.75 Å². The summed E-state index contributed by atoms with van der Waals surface area (Å²) in [5.74, 6) is 0.434. The smallest absolute Gasteiger partial charge is 0.339 e. The molecule has 0 saturated heterocycles. The van der Waals surface area contributed by atoms with Gasteiger partial charge in [-0.3, -0.25) is 0 Å². The molecule has 5 nitrogen and oxygen atoms in total. The lowest BCUT2D eigenvalue weighted by atomic mass is 10.1. The van der Waals surface area contributed by atoms with Gasteiger partial charge in [-0.15, -0.1) is 0 Å². The maximum atomic E-state index is 12.2. The molecule has 0 aliphatic heterocycles. The fourth-order valence-corrected chi connectivity index (χ4v) is 3.99. The van der Waals surface area contributed by atoms with Gasteiger partial charge in [0, 0.05) is 16.8 Å². The molecule has 0 aromatic heterocycles. The Hall–Kier alpha value is -2.99. The highest BCUT2D eigenvalue weighted by molar-refractivity contribution is 6.74. The lowest BCUT2D eigenvalue weighted by Crippen LogP contribution is -2.43. The van der Waals surface area contributed by atoms with Crippen molar-refractivity contribution in [2.24, 2.45) is 0 Å². The van der Waals surface area contributed by atoms with E-state index in [1.54, 1.807) is 18.2 Å². The third-order valence-electron chi connectivity index (χ3n) is 5.75. The molecule has 0 amide bonds. The van der Waals surface area contributed by atoms with Crippen molar-refractivity contribution in [2.75, 3.05) is 18.2 Å². The van der Waals surface area contributed by atoms with E-state index in [0.29, 0.717) is 16.9 Å². The molecule has 3 aromatic rings. The summed E-state index contributed by atoms with van der Waals surface area (Å²) in [5.41, 5.74) is 8.42. The molecule has 3 aromatic carbocycles. The number of fused-ring (bicyclic) bond motifs is 1. The standard InChI is InChI=1S/C24H30N2O3Si/c1-24(2,3)30(5,6)29-18-12-10-16-8-7-9-21(20(16)15-18)26-22-14-17(25)11-13-19(22)23(27)28-4/h7-15,26H,25H2,1-6H3. The van der Waals surface area contributed by atoms with Crippen molar-refractivity contribution in [3.05, 3.63) is 60.2 Å². The largest absolute Gasteiger partial charge is 0.543 e. The number of hydrogen-bond donors (Lipinski definition) is 2. The molecule has 0 radical (unpaired) electrons. The van der Waals surface area contributed by atoms with E-state index in [1.165, 1.54) is 7.11 Å². The van der Waals surface area contributed by atoms with E-state index in [9.17, 15) is 4.79 Å². The van der Waals surface area contributed by atoms with Crippen molar-refractivity contribution in [3.63, 3.8) is 0 Å². The van der Waals surface area contributed by atoms with Crippen LogP contribution in [0.25, 0.3) is 10.8 Å². The maximum Gasteiger partial charge on any atom is 0.339 e. The van der Waals surface area contributed by atoms with Gasteiger partial charge in [0.15, 0.2) is 0 Å². The first kappa shape index (κ1) is 21.7. The summed E-state index contributed by atoms with van der Waals surface area (Å²) in [5, 5.41) is 5.56. The molecule has 0 aliphatic rings. The van der Waals surface area contributed by atoms with E-state index >= 15 is 0 Å². The van der Waals surface area contributed by atoms with Gasteiger partial charge in [0.05, 0.1) is 18.4 Å². The van der Waals surface area contributed by atoms with E-state index < -0.39 is 14.3 Å². The predicted octanol–water partition coefficient (Wildman–Crippen LogP) is 6.34. The predicted molar refractivity (Wildman–Crippen MR) is 127 cm³/mol. The Bertz CT molecular complexity index is 1090. The van der Waals surface area contributed by atoms with Gasteiger partial charge in [-0.05, 0) is 59.9 Å². The van der Waals surface area contributed by atoms with Gasteiger partial charge < -0.3 is 20.2 Å². The van der Waals surface area contributed by atoms with Crippen LogP contribution in [0.2, 0.25) is 18.1 Å².